The van der Waals surface area contributed by atoms with Crippen LogP contribution in [0.2, 0.25) is 0 Å². The maximum absolute atomic E-state index is 12.9. The summed E-state index contributed by atoms with van der Waals surface area (Å²) in [5, 5.41) is 3.09. The Labute approximate surface area is 165 Å². The van der Waals surface area contributed by atoms with Gasteiger partial charge in [-0.15, -0.1) is 0 Å². The molecule has 3 N–H and O–H groups in total. The van der Waals surface area contributed by atoms with Gasteiger partial charge in [0.2, 0.25) is 0 Å². The zero-order chi connectivity index (χ0) is 20.6. The van der Waals surface area contributed by atoms with Crippen LogP contribution in [0.5, 0.6) is 0 Å². The SMILES string of the molecule is C=C(C)CN=C(N)NCCCCN1CCN(c2cccc(C(F)(F)F)c2)CC1. The molecule has 28 heavy (non-hydrogen) atoms. The highest BCUT2D eigenvalue weighted by Gasteiger charge is 2.31. The van der Waals surface area contributed by atoms with Crippen molar-refractivity contribution in [1.29, 1.82) is 0 Å². The van der Waals surface area contributed by atoms with Gasteiger partial charge in [-0.25, -0.2) is 4.99 Å². The number of nitrogens with zero attached hydrogens (tertiary/aromatic N) is 3. The molecule has 0 saturated carbocycles. The maximum Gasteiger partial charge on any atom is 0.416 e. The molecule has 1 aliphatic heterocycles. The summed E-state index contributed by atoms with van der Waals surface area (Å²) in [6.45, 7) is 11.1. The second-order valence-corrected chi connectivity index (χ2v) is 7.17. The van der Waals surface area contributed by atoms with Gasteiger partial charge in [-0.1, -0.05) is 18.2 Å². The summed E-state index contributed by atoms with van der Waals surface area (Å²) in [6, 6.07) is 5.57. The van der Waals surface area contributed by atoms with E-state index in [-0.39, 0.29) is 0 Å². The molecule has 1 aliphatic rings. The van der Waals surface area contributed by atoms with Crippen LogP contribution < -0.4 is 16.0 Å². The number of nitrogens with two attached hydrogens (primary N) is 1. The Morgan fingerprint density at radius 3 is 2.57 bits per heavy atom. The Morgan fingerprint density at radius 2 is 1.93 bits per heavy atom. The third-order valence-corrected chi connectivity index (χ3v) is 4.64. The standard InChI is InChI=1S/C20H30F3N5/c1-16(2)15-26-19(24)25-8-3-4-9-27-10-12-28(13-11-27)18-7-5-6-17(14-18)20(21,22)23/h5-7,14H,1,3-4,8-13,15H2,2H3,(H3,24,25,26). The summed E-state index contributed by atoms with van der Waals surface area (Å²) >= 11 is 0. The van der Waals surface area contributed by atoms with E-state index < -0.39 is 11.7 Å². The molecule has 8 heteroatoms. The van der Waals surface area contributed by atoms with Crippen LogP contribution in [0.4, 0.5) is 18.9 Å². The lowest BCUT2D eigenvalue weighted by Gasteiger charge is -2.36. The Bertz CT molecular complexity index is 664. The van der Waals surface area contributed by atoms with E-state index in [0.29, 0.717) is 18.2 Å². The van der Waals surface area contributed by atoms with Gasteiger partial charge in [0.1, 0.15) is 0 Å². The van der Waals surface area contributed by atoms with E-state index in [0.717, 1.165) is 63.7 Å². The molecule has 156 valence electrons. The molecule has 0 radical (unpaired) electrons. The number of rotatable bonds is 8. The second kappa shape index (κ2) is 10.4. The number of hydrogen-bond donors (Lipinski definition) is 2. The first-order chi connectivity index (χ1) is 13.3. The van der Waals surface area contributed by atoms with Gasteiger partial charge in [0.25, 0.3) is 0 Å². The predicted octanol–water partition coefficient (Wildman–Crippen LogP) is 3.09. The van der Waals surface area contributed by atoms with E-state index in [2.05, 4.69) is 21.8 Å². The van der Waals surface area contributed by atoms with Crippen molar-refractivity contribution >= 4 is 11.6 Å². The molecule has 1 fully saturated rings. The fourth-order valence-corrected chi connectivity index (χ4v) is 3.06. The Hall–Kier alpha value is -2.22. The third kappa shape index (κ3) is 7.42. The number of unbranched alkanes of at least 4 members (excludes halogenated alkanes) is 1. The van der Waals surface area contributed by atoms with Crippen LogP contribution in [0.3, 0.4) is 0 Å². The van der Waals surface area contributed by atoms with Crippen LogP contribution in [-0.4, -0.2) is 56.7 Å². The van der Waals surface area contributed by atoms with Crippen molar-refractivity contribution in [2.24, 2.45) is 10.7 Å². The minimum atomic E-state index is -4.30. The van der Waals surface area contributed by atoms with Gasteiger partial charge in [-0.05, 0) is 44.5 Å². The van der Waals surface area contributed by atoms with E-state index in [1.807, 2.05) is 11.8 Å². The molecule has 0 spiro atoms. The Kier molecular flexibility index (Phi) is 8.17. The van der Waals surface area contributed by atoms with Crippen molar-refractivity contribution in [3.63, 3.8) is 0 Å². The summed E-state index contributed by atoms with van der Waals surface area (Å²) in [5.41, 5.74) is 6.78. The predicted molar refractivity (Wildman–Crippen MR) is 109 cm³/mol. The molecular weight excluding hydrogens is 367 g/mol. The van der Waals surface area contributed by atoms with Crippen LogP contribution in [0.1, 0.15) is 25.3 Å². The van der Waals surface area contributed by atoms with Crippen LogP contribution in [-0.2, 0) is 6.18 Å². The van der Waals surface area contributed by atoms with Gasteiger partial charge in [-0.3, -0.25) is 4.90 Å². The van der Waals surface area contributed by atoms with Crippen molar-refractivity contribution in [3.05, 3.63) is 42.0 Å². The number of hydrogen-bond acceptors (Lipinski definition) is 3. The van der Waals surface area contributed by atoms with Crippen molar-refractivity contribution in [1.82, 2.24) is 10.2 Å². The summed E-state index contributed by atoms with van der Waals surface area (Å²) in [5.74, 6) is 0.442. The van der Waals surface area contributed by atoms with Crippen molar-refractivity contribution in [2.75, 3.05) is 50.7 Å². The van der Waals surface area contributed by atoms with Gasteiger partial charge in [0, 0.05) is 38.4 Å². The topological polar surface area (TPSA) is 56.9 Å². The molecule has 0 atom stereocenters. The van der Waals surface area contributed by atoms with E-state index in [1.165, 1.54) is 12.1 Å². The molecular formula is C20H30F3N5. The lowest BCUT2D eigenvalue weighted by atomic mass is 10.1. The van der Waals surface area contributed by atoms with Gasteiger partial charge in [-0.2, -0.15) is 13.2 Å². The van der Waals surface area contributed by atoms with Crippen molar-refractivity contribution in [2.45, 2.75) is 25.9 Å². The highest BCUT2D eigenvalue weighted by Crippen LogP contribution is 2.31. The number of halogens is 3. The lowest BCUT2D eigenvalue weighted by molar-refractivity contribution is -0.137. The van der Waals surface area contributed by atoms with Crippen LogP contribution in [0.25, 0.3) is 0 Å². The summed E-state index contributed by atoms with van der Waals surface area (Å²) < 4.78 is 38.6. The quantitative estimate of drug-likeness (QED) is 0.306. The van der Waals surface area contributed by atoms with E-state index in [9.17, 15) is 13.2 Å². The number of benzene rings is 1. The van der Waals surface area contributed by atoms with E-state index >= 15 is 0 Å². The zero-order valence-corrected chi connectivity index (χ0v) is 16.4. The number of anilines is 1. The normalized spacial score (nSPS) is 16.3. The van der Waals surface area contributed by atoms with E-state index in [4.69, 9.17) is 5.73 Å². The Balaban J connectivity index is 1.66. The Morgan fingerprint density at radius 1 is 1.21 bits per heavy atom. The molecule has 1 aromatic rings. The molecule has 5 nitrogen and oxygen atoms in total. The molecule has 0 bridgehead atoms. The molecule has 0 aromatic heterocycles. The first kappa shape index (κ1) is 22.1. The zero-order valence-electron chi connectivity index (χ0n) is 16.4. The first-order valence-corrected chi connectivity index (χ1v) is 9.58. The molecule has 1 saturated heterocycles. The van der Waals surface area contributed by atoms with Gasteiger partial charge in [0.15, 0.2) is 5.96 Å². The molecule has 1 aromatic carbocycles. The second-order valence-electron chi connectivity index (χ2n) is 7.17. The molecule has 0 amide bonds. The fraction of sp³-hybridized carbons (Fsp3) is 0.550. The fourth-order valence-electron chi connectivity index (χ4n) is 3.06. The average molecular weight is 397 g/mol. The molecule has 0 aliphatic carbocycles. The van der Waals surface area contributed by atoms with E-state index in [1.54, 1.807) is 6.07 Å². The number of aliphatic imine (C=N–C) groups is 1. The highest BCUT2D eigenvalue weighted by atomic mass is 19.4. The minimum Gasteiger partial charge on any atom is -0.370 e. The van der Waals surface area contributed by atoms with Gasteiger partial charge < -0.3 is 16.0 Å². The van der Waals surface area contributed by atoms with Crippen LogP contribution in [0, 0.1) is 0 Å². The third-order valence-electron chi connectivity index (χ3n) is 4.64. The smallest absolute Gasteiger partial charge is 0.370 e. The number of piperazine rings is 1. The summed E-state index contributed by atoms with van der Waals surface area (Å²) in [4.78, 5) is 8.54. The van der Waals surface area contributed by atoms with Crippen LogP contribution >= 0.6 is 0 Å². The molecule has 2 rings (SSSR count). The molecule has 0 unspecified atom stereocenters. The van der Waals surface area contributed by atoms with Crippen molar-refractivity contribution < 1.29 is 13.2 Å². The summed E-state index contributed by atoms with van der Waals surface area (Å²) in [7, 11) is 0. The highest BCUT2D eigenvalue weighted by molar-refractivity contribution is 5.77. The molecule has 1 heterocycles. The van der Waals surface area contributed by atoms with Crippen molar-refractivity contribution in [3.8, 4) is 0 Å². The van der Waals surface area contributed by atoms with Gasteiger partial charge >= 0.3 is 6.18 Å². The lowest BCUT2D eigenvalue weighted by Crippen LogP contribution is -2.46. The summed E-state index contributed by atoms with van der Waals surface area (Å²) in [6.07, 6.45) is -2.29. The van der Waals surface area contributed by atoms with Gasteiger partial charge in [0.05, 0.1) is 12.1 Å². The number of nitrogens with one attached hydrogen (secondary N) is 1. The minimum absolute atomic E-state index is 0.442. The largest absolute Gasteiger partial charge is 0.416 e. The monoisotopic (exact) mass is 397 g/mol. The average Bonchev–Trinajstić information content (AvgIpc) is 2.66. The first-order valence-electron chi connectivity index (χ1n) is 9.58. The maximum atomic E-state index is 12.9. The van der Waals surface area contributed by atoms with Crippen LogP contribution in [0.15, 0.2) is 41.4 Å². The number of alkyl halides is 3. The number of guanidine groups is 1.